The first-order valence-electron chi connectivity index (χ1n) is 6.05. The molecule has 4 heteroatoms. The van der Waals surface area contributed by atoms with Crippen LogP contribution in [0.3, 0.4) is 0 Å². The summed E-state index contributed by atoms with van der Waals surface area (Å²) in [6, 6.07) is 13.3. The van der Waals surface area contributed by atoms with Gasteiger partial charge in [0.15, 0.2) is 12.2 Å². The van der Waals surface area contributed by atoms with E-state index in [0.29, 0.717) is 23.8 Å². The van der Waals surface area contributed by atoms with Crippen LogP contribution in [0.25, 0.3) is 11.1 Å². The minimum Gasteiger partial charge on any atom is -0.484 e. The highest BCUT2D eigenvalue weighted by molar-refractivity contribution is 5.76. The Kier molecular flexibility index (Phi) is 2.83. The number of nitrogens with two attached hydrogens (primary N) is 1. The van der Waals surface area contributed by atoms with E-state index in [-0.39, 0.29) is 0 Å². The minimum absolute atomic E-state index is 0.303. The van der Waals surface area contributed by atoms with Crippen molar-refractivity contribution in [1.29, 1.82) is 0 Å². The van der Waals surface area contributed by atoms with E-state index in [2.05, 4.69) is 4.98 Å². The van der Waals surface area contributed by atoms with Crippen molar-refractivity contribution in [2.45, 2.75) is 13.5 Å². The maximum atomic E-state index is 5.69. The number of ether oxygens (including phenoxy) is 1. The average Bonchev–Trinajstić information content (AvgIpc) is 2.80. The van der Waals surface area contributed by atoms with E-state index in [1.54, 1.807) is 12.1 Å². The number of rotatable bonds is 3. The zero-order valence-electron chi connectivity index (χ0n) is 10.6. The molecular weight excluding hydrogens is 240 g/mol. The molecule has 19 heavy (non-hydrogen) atoms. The third kappa shape index (κ3) is 2.52. The lowest BCUT2D eigenvalue weighted by atomic mass is 10.2. The lowest BCUT2D eigenvalue weighted by Crippen LogP contribution is -1.95. The van der Waals surface area contributed by atoms with Crippen molar-refractivity contribution in [3.8, 4) is 5.75 Å². The van der Waals surface area contributed by atoms with Crippen molar-refractivity contribution in [2.24, 2.45) is 0 Å². The first-order valence-corrected chi connectivity index (χ1v) is 6.05. The van der Waals surface area contributed by atoms with Crippen molar-refractivity contribution in [3.05, 3.63) is 53.9 Å². The number of oxazole rings is 1. The van der Waals surface area contributed by atoms with Gasteiger partial charge in [0.2, 0.25) is 5.89 Å². The molecule has 0 aliphatic heterocycles. The van der Waals surface area contributed by atoms with E-state index in [1.807, 2.05) is 37.3 Å². The zero-order chi connectivity index (χ0) is 13.2. The Morgan fingerprint density at radius 3 is 2.74 bits per heavy atom. The summed E-state index contributed by atoms with van der Waals surface area (Å²) in [4.78, 5) is 4.34. The summed E-state index contributed by atoms with van der Waals surface area (Å²) in [5.41, 5.74) is 9.03. The zero-order valence-corrected chi connectivity index (χ0v) is 10.6. The van der Waals surface area contributed by atoms with Crippen molar-refractivity contribution < 1.29 is 9.15 Å². The molecule has 0 radical (unpaired) electrons. The molecule has 2 N–H and O–H groups in total. The molecule has 0 atom stereocenters. The van der Waals surface area contributed by atoms with Gasteiger partial charge in [0.1, 0.15) is 11.3 Å². The number of hydrogen-bond acceptors (Lipinski definition) is 4. The van der Waals surface area contributed by atoms with Crippen LogP contribution in [0.15, 0.2) is 46.9 Å². The van der Waals surface area contributed by atoms with Gasteiger partial charge in [-0.3, -0.25) is 0 Å². The molecule has 96 valence electrons. The SMILES string of the molecule is Cc1ccc(OCc2nc3ccc(N)cc3o2)cc1. The van der Waals surface area contributed by atoms with E-state index >= 15 is 0 Å². The third-order valence-corrected chi connectivity index (χ3v) is 2.84. The number of aryl methyl sites for hydroxylation is 1. The Morgan fingerprint density at radius 1 is 1.16 bits per heavy atom. The van der Waals surface area contributed by atoms with Crippen molar-refractivity contribution >= 4 is 16.8 Å². The Balaban J connectivity index is 1.76. The fraction of sp³-hybridized carbons (Fsp3) is 0.133. The fourth-order valence-electron chi connectivity index (χ4n) is 1.83. The third-order valence-electron chi connectivity index (χ3n) is 2.84. The van der Waals surface area contributed by atoms with Crippen LogP contribution in [-0.4, -0.2) is 4.98 Å². The van der Waals surface area contributed by atoms with E-state index in [1.165, 1.54) is 5.56 Å². The van der Waals surface area contributed by atoms with Crippen LogP contribution < -0.4 is 10.5 Å². The van der Waals surface area contributed by atoms with Gasteiger partial charge >= 0.3 is 0 Å². The molecule has 2 aromatic carbocycles. The molecule has 0 bridgehead atoms. The van der Waals surface area contributed by atoms with Gasteiger partial charge in [0.05, 0.1) is 0 Å². The van der Waals surface area contributed by atoms with Gasteiger partial charge in [-0.25, -0.2) is 4.98 Å². The molecule has 4 nitrogen and oxygen atoms in total. The van der Waals surface area contributed by atoms with Gasteiger partial charge in [-0.05, 0) is 31.2 Å². The molecule has 0 aliphatic rings. The first-order chi connectivity index (χ1) is 9.20. The van der Waals surface area contributed by atoms with Crippen LogP contribution >= 0.6 is 0 Å². The maximum absolute atomic E-state index is 5.69. The van der Waals surface area contributed by atoms with E-state index in [9.17, 15) is 0 Å². The molecule has 3 aromatic rings. The van der Waals surface area contributed by atoms with Gasteiger partial charge in [-0.1, -0.05) is 17.7 Å². The van der Waals surface area contributed by atoms with Crippen LogP contribution in [0.2, 0.25) is 0 Å². The average molecular weight is 254 g/mol. The highest BCUT2D eigenvalue weighted by Gasteiger charge is 2.06. The monoisotopic (exact) mass is 254 g/mol. The van der Waals surface area contributed by atoms with E-state index in [0.717, 1.165) is 11.3 Å². The lowest BCUT2D eigenvalue weighted by Gasteiger charge is -2.03. The Hall–Kier alpha value is -2.49. The predicted molar refractivity (Wildman–Crippen MR) is 73.9 cm³/mol. The van der Waals surface area contributed by atoms with Crippen LogP contribution in [0.4, 0.5) is 5.69 Å². The molecule has 0 saturated heterocycles. The van der Waals surface area contributed by atoms with Crippen LogP contribution in [0, 0.1) is 6.92 Å². The molecule has 0 spiro atoms. The number of hydrogen-bond donors (Lipinski definition) is 1. The smallest absolute Gasteiger partial charge is 0.233 e. The molecule has 0 aliphatic carbocycles. The summed E-state index contributed by atoms with van der Waals surface area (Å²) in [6.45, 7) is 2.34. The second kappa shape index (κ2) is 4.65. The van der Waals surface area contributed by atoms with Crippen LogP contribution in [0.1, 0.15) is 11.5 Å². The van der Waals surface area contributed by atoms with Crippen molar-refractivity contribution in [3.63, 3.8) is 0 Å². The van der Waals surface area contributed by atoms with Crippen molar-refractivity contribution in [1.82, 2.24) is 4.98 Å². The molecule has 1 aromatic heterocycles. The highest BCUT2D eigenvalue weighted by Crippen LogP contribution is 2.20. The summed E-state index contributed by atoms with van der Waals surface area (Å²) < 4.78 is 11.2. The summed E-state index contributed by atoms with van der Waals surface area (Å²) in [7, 11) is 0. The number of fused-ring (bicyclic) bond motifs is 1. The molecule has 3 rings (SSSR count). The normalized spacial score (nSPS) is 10.8. The van der Waals surface area contributed by atoms with Gasteiger partial charge < -0.3 is 14.9 Å². The fourth-order valence-corrected chi connectivity index (χ4v) is 1.83. The minimum atomic E-state index is 0.303. The quantitative estimate of drug-likeness (QED) is 0.728. The number of aromatic nitrogens is 1. The summed E-state index contributed by atoms with van der Waals surface area (Å²) in [5, 5.41) is 0. The number of anilines is 1. The van der Waals surface area contributed by atoms with Crippen molar-refractivity contribution in [2.75, 3.05) is 5.73 Å². The Morgan fingerprint density at radius 2 is 1.95 bits per heavy atom. The molecule has 0 amide bonds. The standard InChI is InChI=1S/C15H14N2O2/c1-10-2-5-12(6-3-10)18-9-15-17-13-7-4-11(16)8-14(13)19-15/h2-8H,9,16H2,1H3. The second-order valence-corrected chi connectivity index (χ2v) is 4.44. The number of nitrogens with zero attached hydrogens (tertiary/aromatic N) is 1. The molecule has 0 saturated carbocycles. The summed E-state index contributed by atoms with van der Waals surface area (Å²) in [6.07, 6.45) is 0. The van der Waals surface area contributed by atoms with E-state index in [4.69, 9.17) is 14.9 Å². The molecule has 0 fully saturated rings. The van der Waals surface area contributed by atoms with Gasteiger partial charge in [-0.2, -0.15) is 0 Å². The maximum Gasteiger partial charge on any atom is 0.233 e. The van der Waals surface area contributed by atoms with Gasteiger partial charge in [0, 0.05) is 11.8 Å². The topological polar surface area (TPSA) is 61.3 Å². The largest absolute Gasteiger partial charge is 0.484 e. The predicted octanol–water partition coefficient (Wildman–Crippen LogP) is 3.30. The van der Waals surface area contributed by atoms with Crippen LogP contribution in [0.5, 0.6) is 5.75 Å². The first kappa shape index (κ1) is 11.6. The Bertz CT molecular complexity index is 702. The molecule has 0 unspecified atom stereocenters. The number of benzene rings is 2. The summed E-state index contributed by atoms with van der Waals surface area (Å²) in [5.74, 6) is 1.34. The van der Waals surface area contributed by atoms with Gasteiger partial charge in [-0.15, -0.1) is 0 Å². The highest BCUT2D eigenvalue weighted by atomic mass is 16.5. The lowest BCUT2D eigenvalue weighted by molar-refractivity contribution is 0.267. The van der Waals surface area contributed by atoms with Crippen LogP contribution in [-0.2, 0) is 6.61 Å². The second-order valence-electron chi connectivity index (χ2n) is 4.44. The van der Waals surface area contributed by atoms with Gasteiger partial charge in [0.25, 0.3) is 0 Å². The Labute approximate surface area is 110 Å². The van der Waals surface area contributed by atoms with E-state index < -0.39 is 0 Å². The summed E-state index contributed by atoms with van der Waals surface area (Å²) >= 11 is 0. The molecule has 1 heterocycles. The number of nitrogen functional groups attached to an aromatic ring is 1. The molecular formula is C15H14N2O2.